The summed E-state index contributed by atoms with van der Waals surface area (Å²) in [5.41, 5.74) is -1.63. The van der Waals surface area contributed by atoms with Crippen LogP contribution in [0.3, 0.4) is 0 Å². The van der Waals surface area contributed by atoms with Crippen molar-refractivity contribution in [3.63, 3.8) is 0 Å². The summed E-state index contributed by atoms with van der Waals surface area (Å²) in [6.07, 6.45) is -3.36. The highest BCUT2D eigenvalue weighted by atomic mass is 32.2. The number of ether oxygens (including phenoxy) is 1. The Balaban J connectivity index is 3.32. The van der Waals surface area contributed by atoms with E-state index in [0.29, 0.717) is 0 Å². The van der Waals surface area contributed by atoms with Gasteiger partial charge in [0.05, 0.1) is 7.11 Å². The van der Waals surface area contributed by atoms with Gasteiger partial charge < -0.3 is 4.74 Å². The van der Waals surface area contributed by atoms with E-state index in [1.54, 1.807) is 0 Å². The van der Waals surface area contributed by atoms with Gasteiger partial charge in [-0.15, -0.1) is 11.8 Å². The third kappa shape index (κ3) is 2.49. The van der Waals surface area contributed by atoms with Crippen LogP contribution in [0, 0.1) is 5.95 Å². The highest BCUT2D eigenvalue weighted by Gasteiger charge is 2.38. The van der Waals surface area contributed by atoms with Crippen LogP contribution in [0.25, 0.3) is 0 Å². The number of rotatable bonds is 2. The van der Waals surface area contributed by atoms with Crippen LogP contribution >= 0.6 is 11.8 Å². The van der Waals surface area contributed by atoms with Gasteiger partial charge >= 0.3 is 6.18 Å². The van der Waals surface area contributed by atoms with E-state index in [1.807, 2.05) is 0 Å². The molecule has 0 aliphatic carbocycles. The van der Waals surface area contributed by atoms with Crippen LogP contribution in [0.1, 0.15) is 5.69 Å². The number of nitrogens with zero attached hydrogens (tertiary/aromatic N) is 2. The smallest absolute Gasteiger partial charge is 0.437 e. The Morgan fingerprint density at radius 2 is 1.87 bits per heavy atom. The van der Waals surface area contributed by atoms with Crippen LogP contribution in [0.15, 0.2) is 5.03 Å². The van der Waals surface area contributed by atoms with E-state index in [-0.39, 0.29) is 10.9 Å². The molecule has 1 aromatic heterocycles. The fourth-order valence-electron chi connectivity index (χ4n) is 0.832. The van der Waals surface area contributed by atoms with Gasteiger partial charge in [-0.2, -0.15) is 22.5 Å². The van der Waals surface area contributed by atoms with Crippen molar-refractivity contribution in [3.05, 3.63) is 11.6 Å². The molecular weight excluding hydrogens is 236 g/mol. The summed E-state index contributed by atoms with van der Waals surface area (Å²) >= 11 is 0.894. The average molecular weight is 242 g/mol. The van der Waals surface area contributed by atoms with Gasteiger partial charge in [-0.05, 0) is 6.26 Å². The monoisotopic (exact) mass is 242 g/mol. The van der Waals surface area contributed by atoms with E-state index in [0.717, 1.165) is 11.8 Å². The topological polar surface area (TPSA) is 35.0 Å². The summed E-state index contributed by atoms with van der Waals surface area (Å²) in [5, 5.41) is -0.105. The van der Waals surface area contributed by atoms with Crippen LogP contribution in [0.5, 0.6) is 5.88 Å². The van der Waals surface area contributed by atoms with E-state index in [2.05, 4.69) is 14.7 Å². The predicted octanol–water partition coefficient (Wildman–Crippen LogP) is 2.37. The molecule has 0 radical (unpaired) electrons. The lowest BCUT2D eigenvalue weighted by Gasteiger charge is -2.09. The van der Waals surface area contributed by atoms with Gasteiger partial charge in [0, 0.05) is 0 Å². The number of hydrogen-bond acceptors (Lipinski definition) is 4. The third-order valence-electron chi connectivity index (χ3n) is 1.45. The van der Waals surface area contributed by atoms with Crippen LogP contribution in [0.2, 0.25) is 0 Å². The number of alkyl halides is 3. The minimum atomic E-state index is -4.85. The predicted molar refractivity (Wildman–Crippen MR) is 45.3 cm³/mol. The standard InChI is InChI=1S/C7H6F4N2OS/c1-14-5-6(15-2)12-3(4(8)13-5)7(9,10)11/h1-2H3. The molecule has 0 N–H and O–H groups in total. The van der Waals surface area contributed by atoms with Gasteiger partial charge in [0.25, 0.3) is 0 Å². The Labute approximate surface area is 86.9 Å². The second-order valence-corrected chi connectivity index (χ2v) is 3.17. The molecule has 0 bridgehead atoms. The summed E-state index contributed by atoms with van der Waals surface area (Å²) in [6.45, 7) is 0. The van der Waals surface area contributed by atoms with Crippen LogP contribution in [0.4, 0.5) is 17.6 Å². The first kappa shape index (κ1) is 12.0. The van der Waals surface area contributed by atoms with Crippen molar-refractivity contribution in [1.82, 2.24) is 9.97 Å². The molecule has 0 saturated carbocycles. The molecule has 0 atom stereocenters. The first-order valence-corrected chi connectivity index (χ1v) is 4.85. The van der Waals surface area contributed by atoms with Gasteiger partial charge in [-0.1, -0.05) is 0 Å². The van der Waals surface area contributed by atoms with E-state index >= 15 is 0 Å². The molecular formula is C7H6F4N2OS. The van der Waals surface area contributed by atoms with Gasteiger partial charge in [0.15, 0.2) is 5.03 Å². The van der Waals surface area contributed by atoms with Gasteiger partial charge in [0.2, 0.25) is 17.5 Å². The lowest BCUT2D eigenvalue weighted by Crippen LogP contribution is -2.14. The number of methoxy groups -OCH3 is 1. The van der Waals surface area contributed by atoms with E-state index in [9.17, 15) is 17.6 Å². The molecule has 0 aliphatic rings. The zero-order valence-corrected chi connectivity index (χ0v) is 8.54. The van der Waals surface area contributed by atoms with Crippen molar-refractivity contribution >= 4 is 11.8 Å². The van der Waals surface area contributed by atoms with Crippen LogP contribution in [-0.2, 0) is 6.18 Å². The Morgan fingerprint density at radius 3 is 2.27 bits per heavy atom. The number of hydrogen-bond donors (Lipinski definition) is 0. The molecule has 1 heterocycles. The molecule has 84 valence electrons. The van der Waals surface area contributed by atoms with Crippen molar-refractivity contribution in [2.24, 2.45) is 0 Å². The molecule has 0 saturated heterocycles. The minimum absolute atomic E-state index is 0.105. The Bertz CT molecular complexity index is 369. The van der Waals surface area contributed by atoms with Crippen molar-refractivity contribution < 1.29 is 22.3 Å². The van der Waals surface area contributed by atoms with Crippen molar-refractivity contribution in [2.75, 3.05) is 13.4 Å². The lowest BCUT2D eigenvalue weighted by molar-refractivity contribution is -0.144. The molecule has 1 rings (SSSR count). The number of aromatic nitrogens is 2. The molecule has 0 fully saturated rings. The quantitative estimate of drug-likeness (QED) is 0.589. The van der Waals surface area contributed by atoms with E-state index in [4.69, 9.17) is 0 Å². The largest absolute Gasteiger partial charge is 0.479 e. The second kappa shape index (κ2) is 4.21. The normalized spacial score (nSPS) is 11.6. The lowest BCUT2D eigenvalue weighted by atomic mass is 10.4. The minimum Gasteiger partial charge on any atom is -0.479 e. The van der Waals surface area contributed by atoms with Gasteiger partial charge in [0.1, 0.15) is 0 Å². The van der Waals surface area contributed by atoms with E-state index < -0.39 is 17.8 Å². The maximum absolute atomic E-state index is 12.9. The molecule has 1 aromatic rings. The average Bonchev–Trinajstić information content (AvgIpc) is 2.15. The number of thioether (sulfide) groups is 1. The Hall–Kier alpha value is -1.05. The highest BCUT2D eigenvalue weighted by Crippen LogP contribution is 2.33. The van der Waals surface area contributed by atoms with Crippen LogP contribution in [-0.4, -0.2) is 23.3 Å². The fourth-order valence-corrected chi connectivity index (χ4v) is 1.32. The molecule has 0 aromatic carbocycles. The first-order valence-electron chi connectivity index (χ1n) is 3.63. The molecule has 0 spiro atoms. The van der Waals surface area contributed by atoms with Crippen molar-refractivity contribution in [1.29, 1.82) is 0 Å². The van der Waals surface area contributed by atoms with Crippen LogP contribution < -0.4 is 4.74 Å². The fraction of sp³-hybridized carbons (Fsp3) is 0.429. The summed E-state index contributed by atoms with van der Waals surface area (Å²) < 4.78 is 54.1. The third-order valence-corrected chi connectivity index (χ3v) is 2.10. The highest BCUT2D eigenvalue weighted by molar-refractivity contribution is 7.98. The summed E-state index contributed by atoms with van der Waals surface area (Å²) in [7, 11) is 1.18. The van der Waals surface area contributed by atoms with Crippen molar-refractivity contribution in [2.45, 2.75) is 11.2 Å². The molecule has 0 aliphatic heterocycles. The first-order chi connectivity index (χ1) is 6.90. The molecule has 15 heavy (non-hydrogen) atoms. The zero-order valence-electron chi connectivity index (χ0n) is 7.72. The SMILES string of the molecule is COc1nc(F)c(C(F)(F)F)nc1SC. The molecule has 0 unspecified atom stereocenters. The van der Waals surface area contributed by atoms with Gasteiger partial charge in [-0.3, -0.25) is 0 Å². The van der Waals surface area contributed by atoms with E-state index in [1.165, 1.54) is 13.4 Å². The van der Waals surface area contributed by atoms with Crippen molar-refractivity contribution in [3.8, 4) is 5.88 Å². The summed E-state index contributed by atoms with van der Waals surface area (Å²) in [6, 6.07) is 0. The molecule has 3 nitrogen and oxygen atoms in total. The number of halogens is 4. The maximum Gasteiger partial charge on any atom is 0.437 e. The molecule has 0 amide bonds. The zero-order chi connectivity index (χ0) is 11.6. The second-order valence-electron chi connectivity index (χ2n) is 2.38. The summed E-state index contributed by atoms with van der Waals surface area (Å²) in [4.78, 5) is 6.14. The Morgan fingerprint density at radius 1 is 1.27 bits per heavy atom. The Kier molecular flexibility index (Phi) is 3.38. The maximum atomic E-state index is 12.9. The van der Waals surface area contributed by atoms with Gasteiger partial charge in [-0.25, -0.2) is 4.98 Å². The summed E-state index contributed by atoms with van der Waals surface area (Å²) in [5.74, 6) is -1.94. The molecule has 8 heteroatoms.